The maximum absolute atomic E-state index is 12.1. The number of pyridine rings is 1. The van der Waals surface area contributed by atoms with Gasteiger partial charge in [0.05, 0.1) is 6.54 Å². The third-order valence-electron chi connectivity index (χ3n) is 4.08. The fourth-order valence-electron chi connectivity index (χ4n) is 2.60. The molecule has 5 heteroatoms. The van der Waals surface area contributed by atoms with Crippen molar-refractivity contribution in [2.24, 2.45) is 10.4 Å². The van der Waals surface area contributed by atoms with Crippen LogP contribution in [-0.4, -0.2) is 29.8 Å². The smallest absolute Gasteiger partial charge is 0.251 e. The van der Waals surface area contributed by atoms with E-state index in [9.17, 15) is 4.79 Å². The Bertz CT molecular complexity index is 753. The summed E-state index contributed by atoms with van der Waals surface area (Å²) in [6.45, 7) is 6.28. The molecule has 1 amide bonds. The van der Waals surface area contributed by atoms with Crippen LogP contribution in [0, 0.1) is 5.41 Å². The van der Waals surface area contributed by atoms with E-state index < -0.39 is 0 Å². The van der Waals surface area contributed by atoms with Crippen LogP contribution in [-0.2, 0) is 6.54 Å². The average Bonchev–Trinajstić information content (AvgIpc) is 3.02. The van der Waals surface area contributed by atoms with E-state index in [1.807, 2.05) is 12.1 Å². The number of nitrogens with one attached hydrogen (secondary N) is 2. The van der Waals surface area contributed by atoms with E-state index in [4.69, 9.17) is 0 Å². The molecule has 0 saturated carbocycles. The molecule has 0 atom stereocenters. The molecule has 0 unspecified atom stereocenters. The quantitative estimate of drug-likeness (QED) is 0.888. The van der Waals surface area contributed by atoms with Crippen molar-refractivity contribution in [2.75, 3.05) is 13.1 Å². The summed E-state index contributed by atoms with van der Waals surface area (Å²) < 4.78 is 0. The van der Waals surface area contributed by atoms with Gasteiger partial charge in [-0.3, -0.25) is 14.8 Å². The Kier molecular flexibility index (Phi) is 4.60. The minimum Gasteiger partial charge on any atom is -0.369 e. The zero-order valence-corrected chi connectivity index (χ0v) is 14.0. The number of carbonyl (C=O) groups is 1. The Hall–Kier alpha value is -2.69. The highest BCUT2D eigenvalue weighted by Crippen LogP contribution is 2.18. The number of rotatable bonds is 5. The van der Waals surface area contributed by atoms with Crippen molar-refractivity contribution in [1.82, 2.24) is 15.6 Å². The summed E-state index contributed by atoms with van der Waals surface area (Å²) in [5, 5.41) is 6.42. The van der Waals surface area contributed by atoms with Crippen molar-refractivity contribution in [2.45, 2.75) is 20.4 Å². The maximum atomic E-state index is 12.1. The van der Waals surface area contributed by atoms with Crippen LogP contribution in [0.4, 0.5) is 0 Å². The Balaban J connectivity index is 1.53. The molecule has 2 N–H and O–H groups in total. The normalized spacial score (nSPS) is 13.2. The molecule has 0 fully saturated rings. The molecule has 0 spiro atoms. The zero-order chi connectivity index (χ0) is 17.0. The van der Waals surface area contributed by atoms with Crippen LogP contribution in [0.25, 0.3) is 0 Å². The summed E-state index contributed by atoms with van der Waals surface area (Å²) in [6.07, 6.45) is 3.24. The minimum atomic E-state index is -0.0945. The predicted octanol–water partition coefficient (Wildman–Crippen LogP) is 2.39. The summed E-state index contributed by atoms with van der Waals surface area (Å²) >= 11 is 0. The molecule has 1 aromatic carbocycles. The molecule has 1 aromatic heterocycles. The Morgan fingerprint density at radius 2 is 1.88 bits per heavy atom. The van der Waals surface area contributed by atoms with Gasteiger partial charge in [-0.2, -0.15) is 0 Å². The second kappa shape index (κ2) is 6.83. The van der Waals surface area contributed by atoms with Crippen molar-refractivity contribution in [1.29, 1.82) is 0 Å². The topological polar surface area (TPSA) is 66.4 Å². The first kappa shape index (κ1) is 16.2. The fraction of sp³-hybridized carbons (Fsp3) is 0.316. The average molecular weight is 322 g/mol. The Morgan fingerprint density at radius 3 is 2.67 bits per heavy atom. The second-order valence-corrected chi connectivity index (χ2v) is 6.76. The first-order valence-electron chi connectivity index (χ1n) is 8.10. The van der Waals surface area contributed by atoms with Gasteiger partial charge in [-0.25, -0.2) is 0 Å². The van der Waals surface area contributed by atoms with Gasteiger partial charge >= 0.3 is 0 Å². The molecule has 1 aliphatic rings. The minimum absolute atomic E-state index is 0.0750. The molecular weight excluding hydrogens is 300 g/mol. The molecule has 2 aromatic rings. The zero-order valence-electron chi connectivity index (χ0n) is 14.0. The number of nitrogens with zero attached hydrogens (tertiary/aromatic N) is 2. The summed E-state index contributed by atoms with van der Waals surface area (Å²) in [7, 11) is 0. The summed E-state index contributed by atoms with van der Waals surface area (Å²) in [5.74, 6) is 0.869. The van der Waals surface area contributed by atoms with Crippen molar-refractivity contribution in [3.8, 4) is 0 Å². The van der Waals surface area contributed by atoms with Crippen LogP contribution >= 0.6 is 0 Å². The number of aromatic nitrogens is 1. The lowest BCUT2D eigenvalue weighted by atomic mass is 9.93. The Morgan fingerprint density at radius 1 is 1.12 bits per heavy atom. The molecule has 0 bridgehead atoms. The molecule has 0 radical (unpaired) electrons. The number of hydrogen-bond acceptors (Lipinski definition) is 4. The predicted molar refractivity (Wildman–Crippen MR) is 95.0 cm³/mol. The van der Waals surface area contributed by atoms with Gasteiger partial charge in [-0.05, 0) is 23.1 Å². The van der Waals surface area contributed by atoms with E-state index in [1.54, 1.807) is 24.5 Å². The molecule has 0 saturated heterocycles. The molecule has 1 aliphatic heterocycles. The van der Waals surface area contributed by atoms with Crippen LogP contribution in [0.3, 0.4) is 0 Å². The lowest BCUT2D eigenvalue weighted by Crippen LogP contribution is -2.42. The monoisotopic (exact) mass is 322 g/mol. The number of hydrogen-bond donors (Lipinski definition) is 2. The third-order valence-corrected chi connectivity index (χ3v) is 4.08. The van der Waals surface area contributed by atoms with Gasteiger partial charge in [0.2, 0.25) is 0 Å². The number of benzene rings is 1. The molecule has 3 rings (SSSR count). The molecule has 24 heavy (non-hydrogen) atoms. The van der Waals surface area contributed by atoms with Crippen molar-refractivity contribution in [3.63, 3.8) is 0 Å². The van der Waals surface area contributed by atoms with Crippen LogP contribution in [0.2, 0.25) is 0 Å². The van der Waals surface area contributed by atoms with Crippen molar-refractivity contribution in [3.05, 3.63) is 65.5 Å². The van der Waals surface area contributed by atoms with Crippen molar-refractivity contribution < 1.29 is 4.79 Å². The fourth-order valence-corrected chi connectivity index (χ4v) is 2.60. The molecule has 0 aliphatic carbocycles. The highest BCUT2D eigenvalue weighted by molar-refractivity contribution is 6.02. The van der Waals surface area contributed by atoms with E-state index in [0.29, 0.717) is 12.1 Å². The first-order valence-corrected chi connectivity index (χ1v) is 8.10. The van der Waals surface area contributed by atoms with Gasteiger partial charge in [-0.15, -0.1) is 0 Å². The van der Waals surface area contributed by atoms with Gasteiger partial charge in [0.15, 0.2) is 0 Å². The second-order valence-electron chi connectivity index (χ2n) is 6.76. The molecular formula is C19H22N4O. The van der Waals surface area contributed by atoms with E-state index in [2.05, 4.69) is 46.6 Å². The number of carbonyl (C=O) groups excluding carboxylic acids is 1. The van der Waals surface area contributed by atoms with Crippen LogP contribution < -0.4 is 10.6 Å². The maximum Gasteiger partial charge on any atom is 0.251 e. The van der Waals surface area contributed by atoms with E-state index in [1.165, 1.54) is 11.1 Å². The van der Waals surface area contributed by atoms with Crippen LogP contribution in [0.1, 0.15) is 35.3 Å². The lowest BCUT2D eigenvalue weighted by molar-refractivity contribution is 0.0937. The summed E-state index contributed by atoms with van der Waals surface area (Å²) in [6, 6.07) is 11.7. The van der Waals surface area contributed by atoms with Gasteiger partial charge in [0, 0.05) is 36.6 Å². The summed E-state index contributed by atoms with van der Waals surface area (Å²) in [5.41, 5.74) is 2.96. The van der Waals surface area contributed by atoms with Gasteiger partial charge in [0.1, 0.15) is 5.84 Å². The molecule has 5 nitrogen and oxygen atoms in total. The highest BCUT2D eigenvalue weighted by Gasteiger charge is 2.22. The highest BCUT2D eigenvalue weighted by atomic mass is 16.1. The summed E-state index contributed by atoms with van der Waals surface area (Å²) in [4.78, 5) is 20.6. The molecule has 124 valence electrons. The van der Waals surface area contributed by atoms with Gasteiger partial charge in [-0.1, -0.05) is 38.1 Å². The van der Waals surface area contributed by atoms with E-state index in [0.717, 1.165) is 18.9 Å². The van der Waals surface area contributed by atoms with E-state index >= 15 is 0 Å². The first-order chi connectivity index (χ1) is 11.6. The largest absolute Gasteiger partial charge is 0.369 e. The van der Waals surface area contributed by atoms with Crippen LogP contribution in [0.15, 0.2) is 53.8 Å². The van der Waals surface area contributed by atoms with E-state index in [-0.39, 0.29) is 11.3 Å². The standard InChI is InChI=1S/C19H22N4O/c1-19(2,13-23-18(24)14-7-9-20-10-8-14)12-22-17-16-6-4-3-5-15(16)11-21-17/h3-10H,11-13H2,1-2H3,(H,21,22)(H,23,24). The van der Waals surface area contributed by atoms with Crippen LogP contribution in [0.5, 0.6) is 0 Å². The Labute approximate surface area is 142 Å². The number of fused-ring (bicyclic) bond motifs is 1. The third kappa shape index (κ3) is 3.79. The number of aliphatic imine (C=N–C) groups is 1. The lowest BCUT2D eigenvalue weighted by Gasteiger charge is -2.26. The van der Waals surface area contributed by atoms with Gasteiger partial charge in [0.25, 0.3) is 5.91 Å². The number of amides is 1. The SMILES string of the molecule is CC(C)(CNC(=O)c1ccncc1)CNC1=NCc2ccccc21. The molecule has 2 heterocycles. The van der Waals surface area contributed by atoms with Gasteiger partial charge < -0.3 is 10.6 Å². The van der Waals surface area contributed by atoms with Crippen molar-refractivity contribution >= 4 is 11.7 Å². The number of amidine groups is 1.